The molecule has 1 aliphatic rings. The van der Waals surface area contributed by atoms with Crippen LogP contribution in [0.2, 0.25) is 0 Å². The summed E-state index contributed by atoms with van der Waals surface area (Å²) in [4.78, 5) is 12.5. The number of aliphatic hydroxyl groups excluding tert-OH is 4. The molecule has 0 bridgehead atoms. The molecular formula is C21H20O10. The number of hydrogen-bond acceptors (Lipinski definition) is 10. The predicted octanol–water partition coefficient (Wildman–Crippen LogP) is 0.0499. The van der Waals surface area contributed by atoms with Gasteiger partial charge in [-0.1, -0.05) is 0 Å². The summed E-state index contributed by atoms with van der Waals surface area (Å²) in [6.07, 6.45) is -7.47. The molecule has 0 radical (unpaired) electrons. The summed E-state index contributed by atoms with van der Waals surface area (Å²) in [5, 5.41) is 58.8. The SMILES string of the molecule is O=c1cc(-c2ccc(O)cc2)oc2cc(OC3O[C@H](CO)[C@@H](O)C(O)[C@H]3O)cc(O)c12. The molecule has 2 heterocycles. The Morgan fingerprint density at radius 1 is 0.935 bits per heavy atom. The Morgan fingerprint density at radius 3 is 2.32 bits per heavy atom. The van der Waals surface area contributed by atoms with E-state index in [0.717, 1.165) is 6.07 Å². The van der Waals surface area contributed by atoms with Crippen LogP contribution in [0.4, 0.5) is 0 Å². The van der Waals surface area contributed by atoms with Crippen LogP contribution >= 0.6 is 0 Å². The fraction of sp³-hybridized carbons (Fsp3) is 0.286. The first-order chi connectivity index (χ1) is 14.8. The first kappa shape index (κ1) is 21.1. The second-order valence-corrected chi connectivity index (χ2v) is 7.15. The van der Waals surface area contributed by atoms with Crippen molar-refractivity contribution < 1.29 is 44.5 Å². The normalized spacial score (nSPS) is 26.1. The average Bonchev–Trinajstić information content (AvgIpc) is 2.74. The van der Waals surface area contributed by atoms with Gasteiger partial charge in [0.15, 0.2) is 5.43 Å². The molecule has 1 fully saturated rings. The Labute approximate surface area is 174 Å². The van der Waals surface area contributed by atoms with Crippen LogP contribution in [0.3, 0.4) is 0 Å². The molecule has 1 aliphatic heterocycles. The van der Waals surface area contributed by atoms with Crippen molar-refractivity contribution in [3.05, 3.63) is 52.7 Å². The maximum Gasteiger partial charge on any atom is 0.229 e. The van der Waals surface area contributed by atoms with Crippen LogP contribution in [-0.4, -0.2) is 68.0 Å². The van der Waals surface area contributed by atoms with Gasteiger partial charge < -0.3 is 44.5 Å². The molecular weight excluding hydrogens is 412 g/mol. The van der Waals surface area contributed by atoms with E-state index in [9.17, 15) is 35.4 Å². The van der Waals surface area contributed by atoms with E-state index in [4.69, 9.17) is 13.9 Å². The molecule has 3 aromatic rings. The van der Waals surface area contributed by atoms with E-state index in [1.54, 1.807) is 12.1 Å². The molecule has 0 spiro atoms. The maximum atomic E-state index is 12.5. The molecule has 6 N–H and O–H groups in total. The van der Waals surface area contributed by atoms with Gasteiger partial charge in [-0.15, -0.1) is 0 Å². The lowest BCUT2D eigenvalue weighted by molar-refractivity contribution is -0.277. The zero-order valence-corrected chi connectivity index (χ0v) is 16.0. The fourth-order valence-corrected chi connectivity index (χ4v) is 3.38. The minimum absolute atomic E-state index is 0.0184. The van der Waals surface area contributed by atoms with Gasteiger partial charge in [0.2, 0.25) is 6.29 Å². The molecule has 2 unspecified atom stereocenters. The van der Waals surface area contributed by atoms with Crippen molar-refractivity contribution in [1.29, 1.82) is 0 Å². The average molecular weight is 432 g/mol. The van der Waals surface area contributed by atoms with Crippen molar-refractivity contribution >= 4 is 11.0 Å². The van der Waals surface area contributed by atoms with Crippen molar-refractivity contribution in [2.75, 3.05) is 6.61 Å². The third-order valence-electron chi connectivity index (χ3n) is 5.04. The minimum Gasteiger partial charge on any atom is -0.508 e. The molecule has 2 aromatic carbocycles. The summed E-state index contributed by atoms with van der Waals surface area (Å²) in [5.74, 6) is -0.273. The highest BCUT2D eigenvalue weighted by Gasteiger charge is 2.44. The van der Waals surface area contributed by atoms with Crippen LogP contribution in [0.15, 0.2) is 51.7 Å². The van der Waals surface area contributed by atoms with Crippen LogP contribution in [0.1, 0.15) is 0 Å². The highest BCUT2D eigenvalue weighted by Crippen LogP contribution is 2.33. The molecule has 10 heteroatoms. The molecule has 1 saturated heterocycles. The monoisotopic (exact) mass is 432 g/mol. The largest absolute Gasteiger partial charge is 0.508 e. The third kappa shape index (κ3) is 3.94. The number of aromatic hydroxyl groups is 2. The van der Waals surface area contributed by atoms with E-state index in [1.807, 2.05) is 0 Å². The smallest absolute Gasteiger partial charge is 0.229 e. The summed E-state index contributed by atoms with van der Waals surface area (Å²) in [5.41, 5.74) is -0.0204. The van der Waals surface area contributed by atoms with E-state index in [2.05, 4.69) is 0 Å². The molecule has 31 heavy (non-hydrogen) atoms. The summed E-state index contributed by atoms with van der Waals surface area (Å²) >= 11 is 0. The number of benzene rings is 2. The highest BCUT2D eigenvalue weighted by molar-refractivity contribution is 5.86. The number of ether oxygens (including phenoxy) is 2. The molecule has 0 aliphatic carbocycles. The summed E-state index contributed by atoms with van der Waals surface area (Å²) in [7, 11) is 0. The van der Waals surface area contributed by atoms with E-state index in [1.165, 1.54) is 24.3 Å². The van der Waals surface area contributed by atoms with E-state index < -0.39 is 48.5 Å². The van der Waals surface area contributed by atoms with Crippen LogP contribution in [0.5, 0.6) is 17.2 Å². The van der Waals surface area contributed by atoms with Gasteiger partial charge >= 0.3 is 0 Å². The minimum atomic E-state index is -1.65. The van der Waals surface area contributed by atoms with E-state index in [0.29, 0.717) is 5.56 Å². The number of phenolic OH excluding ortho intramolecular Hbond substituents is 2. The molecule has 10 nitrogen and oxygen atoms in total. The van der Waals surface area contributed by atoms with Crippen molar-refractivity contribution in [2.45, 2.75) is 30.7 Å². The van der Waals surface area contributed by atoms with E-state index >= 15 is 0 Å². The number of fused-ring (bicyclic) bond motifs is 1. The number of rotatable bonds is 4. The Kier molecular flexibility index (Phi) is 5.56. The fourth-order valence-electron chi connectivity index (χ4n) is 3.38. The lowest BCUT2D eigenvalue weighted by Crippen LogP contribution is -2.60. The zero-order chi connectivity index (χ0) is 22.3. The van der Waals surface area contributed by atoms with E-state index in [-0.39, 0.29) is 28.2 Å². The molecule has 4 rings (SSSR count). The van der Waals surface area contributed by atoms with Gasteiger partial charge in [0.25, 0.3) is 0 Å². The van der Waals surface area contributed by atoms with Crippen molar-refractivity contribution in [2.24, 2.45) is 0 Å². The second-order valence-electron chi connectivity index (χ2n) is 7.15. The Bertz CT molecular complexity index is 1140. The zero-order valence-electron chi connectivity index (χ0n) is 16.0. The maximum absolute atomic E-state index is 12.5. The molecule has 0 amide bonds. The lowest BCUT2D eigenvalue weighted by Gasteiger charge is -2.39. The second kappa shape index (κ2) is 8.17. The number of phenols is 2. The Morgan fingerprint density at radius 2 is 1.65 bits per heavy atom. The first-order valence-corrected chi connectivity index (χ1v) is 9.36. The molecule has 0 saturated carbocycles. The third-order valence-corrected chi connectivity index (χ3v) is 5.04. The quantitative estimate of drug-likeness (QED) is 0.331. The summed E-state index contributed by atoms with van der Waals surface area (Å²) < 4.78 is 16.5. The molecule has 1 aromatic heterocycles. The summed E-state index contributed by atoms with van der Waals surface area (Å²) in [6.45, 7) is -0.626. The van der Waals surface area contributed by atoms with Crippen molar-refractivity contribution in [1.82, 2.24) is 0 Å². The number of aliphatic hydroxyl groups is 4. The van der Waals surface area contributed by atoms with Gasteiger partial charge in [0, 0.05) is 23.8 Å². The molecule has 164 valence electrons. The van der Waals surface area contributed by atoms with Crippen LogP contribution in [-0.2, 0) is 4.74 Å². The standard InChI is InChI=1S/C21H20O10/c22-8-16-18(26)19(27)20(28)21(31-16)29-11-5-12(24)17-13(25)7-14(30-15(17)6-11)9-1-3-10(23)4-2-9/h1-7,16,18-24,26-28H,8H2/t16-,18-,19?,20-,21?/m1/s1. The van der Waals surface area contributed by atoms with Crippen LogP contribution in [0, 0.1) is 0 Å². The lowest BCUT2D eigenvalue weighted by atomic mass is 9.99. The van der Waals surface area contributed by atoms with Crippen molar-refractivity contribution in [3.63, 3.8) is 0 Å². The molecule has 5 atom stereocenters. The van der Waals surface area contributed by atoms with Crippen LogP contribution in [0.25, 0.3) is 22.3 Å². The Hall–Kier alpha value is -3.15. The van der Waals surface area contributed by atoms with Crippen molar-refractivity contribution in [3.8, 4) is 28.6 Å². The van der Waals surface area contributed by atoms with Gasteiger partial charge in [-0.05, 0) is 24.3 Å². The van der Waals surface area contributed by atoms with Gasteiger partial charge in [-0.3, -0.25) is 4.79 Å². The summed E-state index contributed by atoms with van der Waals surface area (Å²) in [6, 6.07) is 9.56. The van der Waals surface area contributed by atoms with Gasteiger partial charge in [0.05, 0.1) is 6.61 Å². The number of hydrogen-bond donors (Lipinski definition) is 6. The van der Waals surface area contributed by atoms with Gasteiger partial charge in [-0.25, -0.2) is 0 Å². The van der Waals surface area contributed by atoms with Gasteiger partial charge in [0.1, 0.15) is 58.4 Å². The predicted molar refractivity (Wildman–Crippen MR) is 106 cm³/mol. The first-order valence-electron chi connectivity index (χ1n) is 9.36. The Balaban J connectivity index is 1.71. The highest BCUT2D eigenvalue weighted by atomic mass is 16.7. The topological polar surface area (TPSA) is 170 Å². The van der Waals surface area contributed by atoms with Crippen LogP contribution < -0.4 is 10.2 Å². The van der Waals surface area contributed by atoms with Gasteiger partial charge in [-0.2, -0.15) is 0 Å².